The van der Waals surface area contributed by atoms with Gasteiger partial charge in [-0.05, 0) is 12.8 Å². The second kappa shape index (κ2) is 19.9. The number of phosphoric acid groups is 1. The summed E-state index contributed by atoms with van der Waals surface area (Å²) in [5.74, 6) is -1.16. The second-order valence-electron chi connectivity index (χ2n) is 10.3. The number of aliphatic hydroxyl groups excluding tert-OH is 5. The summed E-state index contributed by atoms with van der Waals surface area (Å²) in [5, 5.41) is 49.3. The smallest absolute Gasteiger partial charge is 0.462 e. The largest absolute Gasteiger partial charge is 0.472 e. The number of rotatable bonds is 21. The molecule has 1 aliphatic carbocycles. The van der Waals surface area contributed by atoms with Gasteiger partial charge in [-0.15, -0.1) is 0 Å². The zero-order chi connectivity index (χ0) is 30.1. The lowest BCUT2D eigenvalue weighted by Gasteiger charge is -2.41. The summed E-state index contributed by atoms with van der Waals surface area (Å²) in [6.45, 7) is 2.78. The fourth-order valence-electron chi connectivity index (χ4n) is 4.26. The third-order valence-corrected chi connectivity index (χ3v) is 7.65. The Hall–Kier alpha value is -1.15. The van der Waals surface area contributed by atoms with Crippen molar-refractivity contribution in [2.24, 2.45) is 0 Å². The van der Waals surface area contributed by atoms with E-state index in [1.54, 1.807) is 6.92 Å². The van der Waals surface area contributed by atoms with Crippen LogP contribution < -0.4 is 0 Å². The molecule has 236 valence electrons. The summed E-state index contributed by atoms with van der Waals surface area (Å²) in [6, 6.07) is 0. The van der Waals surface area contributed by atoms with Crippen molar-refractivity contribution >= 4 is 19.8 Å². The molecule has 14 heteroatoms. The van der Waals surface area contributed by atoms with Crippen LogP contribution in [0.25, 0.3) is 0 Å². The van der Waals surface area contributed by atoms with E-state index in [0.717, 1.165) is 25.7 Å². The van der Waals surface area contributed by atoms with Crippen molar-refractivity contribution in [3.8, 4) is 0 Å². The lowest BCUT2D eigenvalue weighted by Crippen LogP contribution is -2.64. The van der Waals surface area contributed by atoms with E-state index in [0.29, 0.717) is 12.8 Å². The fraction of sp³-hybridized carbons (Fsp3) is 0.923. The predicted octanol–water partition coefficient (Wildman–Crippen LogP) is 1.87. The summed E-state index contributed by atoms with van der Waals surface area (Å²) < 4.78 is 32.5. The Morgan fingerprint density at radius 3 is 1.70 bits per heavy atom. The van der Waals surface area contributed by atoms with E-state index < -0.39 is 75.7 Å². The molecule has 0 bridgehead atoms. The summed E-state index contributed by atoms with van der Waals surface area (Å²) in [4.78, 5) is 34.2. The maximum absolute atomic E-state index is 12.5. The van der Waals surface area contributed by atoms with E-state index >= 15 is 0 Å². The number of carbonyl (C=O) groups is 2. The monoisotopic (exact) mass is 600 g/mol. The Labute approximate surface area is 236 Å². The molecule has 40 heavy (non-hydrogen) atoms. The van der Waals surface area contributed by atoms with E-state index in [-0.39, 0.29) is 12.8 Å². The van der Waals surface area contributed by atoms with Gasteiger partial charge in [0.15, 0.2) is 6.10 Å². The molecule has 0 aliphatic heterocycles. The van der Waals surface area contributed by atoms with E-state index in [1.165, 1.54) is 32.1 Å². The molecule has 1 fully saturated rings. The van der Waals surface area contributed by atoms with Crippen molar-refractivity contribution in [1.29, 1.82) is 0 Å². The van der Waals surface area contributed by atoms with Crippen LogP contribution in [-0.4, -0.2) is 98.3 Å². The molecular weight excluding hydrogens is 551 g/mol. The molecule has 6 N–H and O–H groups in total. The van der Waals surface area contributed by atoms with Gasteiger partial charge >= 0.3 is 19.8 Å². The topological polar surface area (TPSA) is 210 Å². The predicted molar refractivity (Wildman–Crippen MR) is 143 cm³/mol. The van der Waals surface area contributed by atoms with Gasteiger partial charge < -0.3 is 39.9 Å². The Morgan fingerprint density at radius 1 is 0.675 bits per heavy atom. The summed E-state index contributed by atoms with van der Waals surface area (Å²) >= 11 is 0. The number of carbonyl (C=O) groups excluding carboxylic acids is 2. The number of esters is 2. The van der Waals surface area contributed by atoms with Gasteiger partial charge in [0.1, 0.15) is 43.2 Å². The van der Waals surface area contributed by atoms with Crippen LogP contribution in [0.3, 0.4) is 0 Å². The molecule has 0 spiro atoms. The van der Waals surface area contributed by atoms with E-state index in [9.17, 15) is 44.6 Å². The van der Waals surface area contributed by atoms with Crippen LogP contribution >= 0.6 is 7.82 Å². The van der Waals surface area contributed by atoms with Crippen molar-refractivity contribution in [1.82, 2.24) is 0 Å². The maximum atomic E-state index is 12.5. The molecule has 0 aromatic heterocycles. The normalized spacial score (nSPS) is 27.1. The Kier molecular flexibility index (Phi) is 18.3. The van der Waals surface area contributed by atoms with Crippen LogP contribution in [-0.2, 0) is 32.7 Å². The molecule has 13 nitrogen and oxygen atoms in total. The summed E-state index contributed by atoms with van der Waals surface area (Å²) in [5.41, 5.74) is 0. The van der Waals surface area contributed by atoms with Gasteiger partial charge in [-0.25, -0.2) is 4.57 Å². The highest BCUT2D eigenvalue weighted by atomic mass is 31.2. The van der Waals surface area contributed by atoms with Gasteiger partial charge in [-0.2, -0.15) is 0 Å². The lowest BCUT2D eigenvalue weighted by atomic mass is 9.85. The highest BCUT2D eigenvalue weighted by molar-refractivity contribution is 7.47. The van der Waals surface area contributed by atoms with Crippen molar-refractivity contribution in [3.63, 3.8) is 0 Å². The standard InChI is InChI=1S/C26H49O13P/c1-3-5-6-7-8-9-10-11-12-13-15-20(28)38-18(16-36-19(27)14-4-2)17-37-40(34,35)39-26-24(32)22(30)21(29)23(31)25(26)33/h18,21-26,29-33H,3-17H2,1-2H3,(H,34,35). The molecule has 1 aliphatic rings. The number of ether oxygens (including phenoxy) is 2. The average Bonchev–Trinajstić information content (AvgIpc) is 2.91. The number of phosphoric ester groups is 1. The van der Waals surface area contributed by atoms with Crippen LogP contribution in [0.2, 0.25) is 0 Å². The zero-order valence-corrected chi connectivity index (χ0v) is 24.5. The maximum Gasteiger partial charge on any atom is 0.472 e. The van der Waals surface area contributed by atoms with Crippen LogP contribution in [0.15, 0.2) is 0 Å². The quantitative estimate of drug-likeness (QED) is 0.0632. The number of hydrogen-bond donors (Lipinski definition) is 6. The Bertz CT molecular complexity index is 751. The van der Waals surface area contributed by atoms with E-state index in [4.69, 9.17) is 18.5 Å². The number of aliphatic hydroxyl groups is 5. The van der Waals surface area contributed by atoms with Crippen molar-refractivity contribution in [2.45, 2.75) is 140 Å². The fourth-order valence-corrected chi connectivity index (χ4v) is 5.24. The van der Waals surface area contributed by atoms with E-state index in [1.807, 2.05) is 0 Å². The summed E-state index contributed by atoms with van der Waals surface area (Å²) in [6.07, 6.45) is -1.53. The molecule has 0 aromatic carbocycles. The molecule has 0 radical (unpaired) electrons. The van der Waals surface area contributed by atoms with Gasteiger partial charge in [-0.3, -0.25) is 18.6 Å². The second-order valence-corrected chi connectivity index (χ2v) is 11.7. The first-order valence-electron chi connectivity index (χ1n) is 14.3. The Morgan fingerprint density at radius 2 is 1.18 bits per heavy atom. The van der Waals surface area contributed by atoms with E-state index in [2.05, 4.69) is 6.92 Å². The molecule has 0 amide bonds. The minimum Gasteiger partial charge on any atom is -0.462 e. The highest BCUT2D eigenvalue weighted by Gasteiger charge is 2.51. The van der Waals surface area contributed by atoms with Gasteiger partial charge in [0.2, 0.25) is 0 Å². The van der Waals surface area contributed by atoms with Gasteiger partial charge in [0.05, 0.1) is 6.61 Å². The molecular formula is C26H49O13P. The van der Waals surface area contributed by atoms with Crippen molar-refractivity contribution in [3.05, 3.63) is 0 Å². The highest BCUT2D eigenvalue weighted by Crippen LogP contribution is 2.47. The lowest BCUT2D eigenvalue weighted by molar-refractivity contribution is -0.220. The van der Waals surface area contributed by atoms with Crippen LogP contribution in [0.4, 0.5) is 0 Å². The molecule has 0 heterocycles. The molecule has 0 saturated heterocycles. The average molecular weight is 601 g/mol. The van der Waals surface area contributed by atoms with Gasteiger partial charge in [-0.1, -0.05) is 71.6 Å². The van der Waals surface area contributed by atoms with Crippen LogP contribution in [0.1, 0.15) is 97.3 Å². The number of hydrogen-bond acceptors (Lipinski definition) is 12. The van der Waals surface area contributed by atoms with Gasteiger partial charge in [0.25, 0.3) is 0 Å². The molecule has 0 aromatic rings. The molecule has 6 atom stereocenters. The first-order valence-corrected chi connectivity index (χ1v) is 15.8. The Balaban J connectivity index is 2.56. The first-order chi connectivity index (χ1) is 18.9. The third kappa shape index (κ3) is 14.2. The van der Waals surface area contributed by atoms with Crippen molar-refractivity contribution in [2.75, 3.05) is 13.2 Å². The van der Waals surface area contributed by atoms with Gasteiger partial charge in [0, 0.05) is 12.8 Å². The zero-order valence-electron chi connectivity index (χ0n) is 23.6. The minimum absolute atomic E-state index is 0.0990. The molecule has 1 saturated carbocycles. The van der Waals surface area contributed by atoms with Crippen LogP contribution in [0, 0.1) is 0 Å². The summed E-state index contributed by atoms with van der Waals surface area (Å²) in [7, 11) is -5.07. The van der Waals surface area contributed by atoms with Crippen molar-refractivity contribution < 1.29 is 63.1 Å². The SMILES string of the molecule is CCCCCCCCCCCCC(=O)OC(COC(=O)CCC)COP(=O)(O)OC1C(O)C(O)C(O)C(O)C1O. The molecule has 6 unspecified atom stereocenters. The number of unbranched alkanes of at least 4 members (excludes halogenated alkanes) is 9. The van der Waals surface area contributed by atoms with Crippen LogP contribution in [0.5, 0.6) is 0 Å². The first kappa shape index (κ1) is 36.9. The minimum atomic E-state index is -5.07. The molecule has 1 rings (SSSR count). The third-order valence-electron chi connectivity index (χ3n) is 6.67.